The lowest BCUT2D eigenvalue weighted by molar-refractivity contribution is 0.101. The van der Waals surface area contributed by atoms with E-state index in [0.29, 0.717) is 22.0 Å². The maximum Gasteiger partial charge on any atom is 0.184 e. The van der Waals surface area contributed by atoms with E-state index in [1.165, 1.54) is 23.5 Å². The highest BCUT2D eigenvalue weighted by Crippen LogP contribution is 2.26. The summed E-state index contributed by atoms with van der Waals surface area (Å²) in [6, 6.07) is 11.4. The fraction of sp³-hybridized carbons (Fsp3) is 0.125. The number of nitrogens with zero attached hydrogens (tertiary/aromatic N) is 1. The van der Waals surface area contributed by atoms with Gasteiger partial charge < -0.3 is 10.1 Å². The number of carbonyl (C=O) groups excluding carboxylic acids is 1. The number of methoxy groups -OCH3 is 1. The van der Waals surface area contributed by atoms with E-state index < -0.39 is 0 Å². The van der Waals surface area contributed by atoms with E-state index in [1.54, 1.807) is 37.4 Å². The number of anilines is 1. The Morgan fingerprint density at radius 3 is 2.77 bits per heavy atom. The van der Waals surface area contributed by atoms with Gasteiger partial charge >= 0.3 is 0 Å². The van der Waals surface area contributed by atoms with E-state index in [0.717, 1.165) is 4.70 Å². The third kappa shape index (κ3) is 3.07. The molecule has 0 aliphatic heterocycles. The molecule has 0 spiro atoms. The number of halogens is 1. The van der Waals surface area contributed by atoms with E-state index in [1.807, 2.05) is 0 Å². The quantitative estimate of drug-likeness (QED) is 0.729. The molecule has 6 heteroatoms. The largest absolute Gasteiger partial charge is 0.497 e. The Morgan fingerprint density at radius 1 is 1.27 bits per heavy atom. The summed E-state index contributed by atoms with van der Waals surface area (Å²) in [6.45, 7) is 0.134. The van der Waals surface area contributed by atoms with Crippen LogP contribution in [0.4, 0.5) is 9.52 Å². The van der Waals surface area contributed by atoms with Crippen molar-refractivity contribution in [1.82, 2.24) is 4.98 Å². The summed E-state index contributed by atoms with van der Waals surface area (Å²) >= 11 is 1.32. The third-order valence-corrected chi connectivity index (χ3v) is 4.14. The zero-order valence-electron chi connectivity index (χ0n) is 11.8. The first-order valence-electron chi connectivity index (χ1n) is 6.63. The molecular weight excluding hydrogens is 303 g/mol. The van der Waals surface area contributed by atoms with Crippen molar-refractivity contribution in [1.29, 1.82) is 0 Å². The lowest BCUT2D eigenvalue weighted by Gasteiger charge is -2.03. The van der Waals surface area contributed by atoms with Gasteiger partial charge in [0.15, 0.2) is 10.9 Å². The summed E-state index contributed by atoms with van der Waals surface area (Å²) in [6.07, 6.45) is 0. The van der Waals surface area contributed by atoms with Gasteiger partial charge in [-0.2, -0.15) is 0 Å². The van der Waals surface area contributed by atoms with Crippen LogP contribution < -0.4 is 10.1 Å². The number of fused-ring (bicyclic) bond motifs is 1. The molecule has 0 atom stereocenters. The predicted octanol–water partition coefficient (Wildman–Crippen LogP) is 3.74. The van der Waals surface area contributed by atoms with Crippen LogP contribution in [0.5, 0.6) is 5.75 Å². The fourth-order valence-electron chi connectivity index (χ4n) is 2.01. The number of hydrogen-bond acceptors (Lipinski definition) is 5. The van der Waals surface area contributed by atoms with Crippen LogP contribution in [0.2, 0.25) is 0 Å². The highest BCUT2D eigenvalue weighted by atomic mass is 32.1. The predicted molar refractivity (Wildman–Crippen MR) is 85.4 cm³/mol. The van der Waals surface area contributed by atoms with Gasteiger partial charge in [-0.3, -0.25) is 4.79 Å². The Balaban J connectivity index is 1.68. The second kappa shape index (κ2) is 6.11. The Hall–Kier alpha value is -2.47. The van der Waals surface area contributed by atoms with Gasteiger partial charge in [0.25, 0.3) is 0 Å². The minimum Gasteiger partial charge on any atom is -0.497 e. The van der Waals surface area contributed by atoms with Gasteiger partial charge in [-0.15, -0.1) is 0 Å². The van der Waals surface area contributed by atoms with Crippen LogP contribution in [-0.4, -0.2) is 24.4 Å². The number of hydrogen-bond donors (Lipinski definition) is 1. The number of ketones is 1. The molecule has 1 heterocycles. The van der Waals surface area contributed by atoms with E-state index in [-0.39, 0.29) is 18.1 Å². The van der Waals surface area contributed by atoms with Crippen LogP contribution in [0.25, 0.3) is 10.2 Å². The van der Waals surface area contributed by atoms with Crippen molar-refractivity contribution in [2.75, 3.05) is 19.0 Å². The first-order valence-corrected chi connectivity index (χ1v) is 7.44. The van der Waals surface area contributed by atoms with Gasteiger partial charge in [-0.05, 0) is 42.5 Å². The first kappa shape index (κ1) is 14.5. The molecule has 0 bridgehead atoms. The van der Waals surface area contributed by atoms with Crippen molar-refractivity contribution in [3.63, 3.8) is 0 Å². The molecule has 2 aromatic carbocycles. The summed E-state index contributed by atoms with van der Waals surface area (Å²) < 4.78 is 18.9. The lowest BCUT2D eigenvalue weighted by atomic mass is 10.1. The zero-order chi connectivity index (χ0) is 15.5. The topological polar surface area (TPSA) is 51.2 Å². The van der Waals surface area contributed by atoms with Crippen LogP contribution in [-0.2, 0) is 0 Å². The van der Waals surface area contributed by atoms with Crippen LogP contribution in [0.15, 0.2) is 42.5 Å². The summed E-state index contributed by atoms with van der Waals surface area (Å²) in [7, 11) is 1.58. The fourth-order valence-corrected chi connectivity index (χ4v) is 2.90. The molecule has 0 amide bonds. The monoisotopic (exact) mass is 316 g/mol. The molecule has 1 aromatic heterocycles. The summed E-state index contributed by atoms with van der Waals surface area (Å²) in [4.78, 5) is 16.4. The molecule has 0 aliphatic carbocycles. The van der Waals surface area contributed by atoms with Crippen LogP contribution in [0.1, 0.15) is 10.4 Å². The maximum absolute atomic E-state index is 13.1. The van der Waals surface area contributed by atoms with Gasteiger partial charge in [-0.1, -0.05) is 11.3 Å². The Labute approximate surface area is 130 Å². The van der Waals surface area contributed by atoms with Crippen molar-refractivity contribution in [3.05, 3.63) is 53.8 Å². The van der Waals surface area contributed by atoms with Crippen molar-refractivity contribution in [3.8, 4) is 5.75 Å². The molecule has 3 aromatic rings. The summed E-state index contributed by atoms with van der Waals surface area (Å²) in [5.74, 6) is 0.364. The van der Waals surface area contributed by atoms with Crippen LogP contribution in [0.3, 0.4) is 0 Å². The second-order valence-corrected chi connectivity index (χ2v) is 5.67. The maximum atomic E-state index is 13.1. The smallest absolute Gasteiger partial charge is 0.184 e. The number of benzene rings is 2. The highest BCUT2D eigenvalue weighted by molar-refractivity contribution is 7.22. The number of aromatic nitrogens is 1. The number of nitrogens with one attached hydrogen (secondary N) is 1. The van der Waals surface area contributed by atoms with E-state index >= 15 is 0 Å². The number of thiazole rings is 1. The van der Waals surface area contributed by atoms with Gasteiger partial charge in [-0.25, -0.2) is 9.37 Å². The first-order chi connectivity index (χ1) is 10.7. The molecule has 4 nitrogen and oxygen atoms in total. The van der Waals surface area contributed by atoms with Crippen molar-refractivity contribution in [2.45, 2.75) is 0 Å². The summed E-state index contributed by atoms with van der Waals surface area (Å²) in [5, 5.41) is 3.58. The number of rotatable bonds is 5. The molecule has 0 aliphatic rings. The standard InChI is InChI=1S/C16H13FN2O2S/c1-21-12-5-2-10(3-6-12)14(20)9-18-16-19-13-7-4-11(17)8-15(13)22-16/h2-8H,9H2,1H3,(H,18,19). The zero-order valence-corrected chi connectivity index (χ0v) is 12.6. The molecule has 3 rings (SSSR count). The van der Waals surface area contributed by atoms with Gasteiger partial charge in [0.2, 0.25) is 0 Å². The van der Waals surface area contributed by atoms with Gasteiger partial charge in [0, 0.05) is 5.56 Å². The van der Waals surface area contributed by atoms with Crippen molar-refractivity contribution >= 4 is 32.5 Å². The van der Waals surface area contributed by atoms with E-state index in [4.69, 9.17) is 4.74 Å². The molecule has 112 valence electrons. The molecular formula is C16H13FN2O2S. The Kier molecular flexibility index (Phi) is 4.02. The normalized spacial score (nSPS) is 10.6. The summed E-state index contributed by atoms with van der Waals surface area (Å²) in [5.41, 5.74) is 1.31. The van der Waals surface area contributed by atoms with E-state index in [9.17, 15) is 9.18 Å². The molecule has 0 radical (unpaired) electrons. The minimum absolute atomic E-state index is 0.0481. The average molecular weight is 316 g/mol. The molecule has 0 saturated heterocycles. The lowest BCUT2D eigenvalue weighted by Crippen LogP contribution is -2.13. The molecule has 0 fully saturated rings. The number of ether oxygens (including phenoxy) is 1. The van der Waals surface area contributed by atoms with Crippen LogP contribution in [0, 0.1) is 5.82 Å². The van der Waals surface area contributed by atoms with Gasteiger partial charge in [0.05, 0.1) is 23.9 Å². The second-order valence-electron chi connectivity index (χ2n) is 4.64. The minimum atomic E-state index is -0.294. The van der Waals surface area contributed by atoms with Crippen molar-refractivity contribution in [2.24, 2.45) is 0 Å². The Bertz CT molecular complexity index is 815. The molecule has 0 unspecified atom stereocenters. The molecule has 22 heavy (non-hydrogen) atoms. The average Bonchev–Trinajstić information content (AvgIpc) is 2.94. The SMILES string of the molecule is COc1ccc(C(=O)CNc2nc3ccc(F)cc3s2)cc1. The molecule has 0 saturated carbocycles. The number of Topliss-reactive ketones (excluding diaryl/α,β-unsaturated/α-hetero) is 1. The van der Waals surface area contributed by atoms with Crippen molar-refractivity contribution < 1.29 is 13.9 Å². The van der Waals surface area contributed by atoms with Crippen LogP contribution >= 0.6 is 11.3 Å². The third-order valence-electron chi connectivity index (χ3n) is 3.16. The number of carbonyl (C=O) groups is 1. The molecule has 1 N–H and O–H groups in total. The van der Waals surface area contributed by atoms with E-state index in [2.05, 4.69) is 10.3 Å². The van der Waals surface area contributed by atoms with Gasteiger partial charge in [0.1, 0.15) is 11.6 Å². The highest BCUT2D eigenvalue weighted by Gasteiger charge is 2.09. The Morgan fingerprint density at radius 2 is 2.05 bits per heavy atom.